The minimum absolute atomic E-state index is 0.0109. The van der Waals surface area contributed by atoms with Gasteiger partial charge in [0.25, 0.3) is 0 Å². The summed E-state index contributed by atoms with van der Waals surface area (Å²) < 4.78 is 0. The molecule has 0 aliphatic heterocycles. The lowest BCUT2D eigenvalue weighted by molar-refractivity contribution is -0.222. The summed E-state index contributed by atoms with van der Waals surface area (Å²) in [6.45, 7) is 6.48. The highest BCUT2D eigenvalue weighted by Crippen LogP contribution is 2.69. The Kier molecular flexibility index (Phi) is 8.30. The number of carbonyl (C=O) groups is 7. The van der Waals surface area contributed by atoms with Crippen molar-refractivity contribution < 1.29 is 43.8 Å². The largest absolute Gasteiger partial charge is 0.507 e. The molecule has 3 saturated carbocycles. The molecule has 11 nitrogen and oxygen atoms in total. The lowest BCUT2D eigenvalue weighted by Gasteiger charge is -2.67. The Morgan fingerprint density at radius 2 is 1.63 bits per heavy atom. The molecule has 4 aliphatic rings. The number of fused-ring (bicyclic) bond motifs is 3. The van der Waals surface area contributed by atoms with Crippen molar-refractivity contribution >= 4 is 40.6 Å². The second kappa shape index (κ2) is 11.3. The SMILES string of the molecule is CCC(=O)C[C@H]1[C@@]2(C)C(C(=O)c3c(O)ccc(CC(=O)C4CCCC4)c3[C@@H]2C)C(=O)[C@]2(O)C(=O)C(C(N)=O)C(=O)[C@@H](N(C)C)[C@]12C. The smallest absolute Gasteiger partial charge is 0.235 e. The van der Waals surface area contributed by atoms with E-state index in [2.05, 4.69) is 0 Å². The van der Waals surface area contributed by atoms with E-state index < -0.39 is 80.9 Å². The van der Waals surface area contributed by atoms with Crippen molar-refractivity contribution in [2.45, 2.75) is 90.2 Å². The fourth-order valence-electron chi connectivity index (χ4n) is 9.83. The van der Waals surface area contributed by atoms with Crippen LogP contribution in [-0.4, -0.2) is 81.5 Å². The number of rotatable bonds is 8. The number of likely N-dealkylation sites (N-methyl/N-ethyl adjacent to an activating group) is 1. The van der Waals surface area contributed by atoms with Crippen LogP contribution in [0.15, 0.2) is 12.1 Å². The predicted molar refractivity (Wildman–Crippen MR) is 165 cm³/mol. The number of hydrogen-bond acceptors (Lipinski definition) is 10. The summed E-state index contributed by atoms with van der Waals surface area (Å²) in [6.07, 6.45) is 3.26. The van der Waals surface area contributed by atoms with E-state index in [1.165, 1.54) is 32.0 Å². The number of ketones is 6. The van der Waals surface area contributed by atoms with Gasteiger partial charge in [0.05, 0.1) is 17.5 Å². The van der Waals surface area contributed by atoms with E-state index in [9.17, 15) is 43.8 Å². The molecular weight excluding hydrogens is 592 g/mol. The molecule has 248 valence electrons. The molecule has 0 aromatic heterocycles. The van der Waals surface area contributed by atoms with E-state index in [4.69, 9.17) is 5.73 Å². The van der Waals surface area contributed by atoms with E-state index in [1.807, 2.05) is 0 Å². The van der Waals surface area contributed by atoms with Gasteiger partial charge in [0.2, 0.25) is 5.91 Å². The summed E-state index contributed by atoms with van der Waals surface area (Å²) >= 11 is 0. The number of carbonyl (C=O) groups excluding carboxylic acids is 7. The Balaban J connectivity index is 1.81. The van der Waals surface area contributed by atoms with Crippen LogP contribution in [0.3, 0.4) is 0 Å². The molecular formula is C35H44N2O9. The maximum absolute atomic E-state index is 14.8. The van der Waals surface area contributed by atoms with Gasteiger partial charge in [-0.25, -0.2) is 0 Å². The van der Waals surface area contributed by atoms with Crippen LogP contribution in [0.1, 0.15) is 93.6 Å². The lowest BCUT2D eigenvalue weighted by atomic mass is 9.35. The third-order valence-corrected chi connectivity index (χ3v) is 12.2. The molecule has 4 aliphatic carbocycles. The van der Waals surface area contributed by atoms with Gasteiger partial charge in [0.15, 0.2) is 34.7 Å². The topological polar surface area (TPSA) is 189 Å². The standard InChI is InChI=1S/C35H44N2O9/c1-7-19(38)15-22-33(3)16(2)23-18(14-21(40)17-10-8-9-11-17)12-13-20(39)24(23)27(41)26(33)31(44)35(46)30(43)25(32(36)45)28(42)29(37(5)6)34(22,35)4/h12-13,16-17,22,25-26,29,39,46H,7-11,14-15H2,1-6H3,(H2,36,45)/t16-,22-,25?,26?,29+,33-,34-,35+/m0/s1. The summed E-state index contributed by atoms with van der Waals surface area (Å²) in [5.41, 5.74) is -0.244. The molecule has 2 unspecified atom stereocenters. The molecule has 0 radical (unpaired) electrons. The zero-order valence-corrected chi connectivity index (χ0v) is 27.3. The number of hydrogen-bond donors (Lipinski definition) is 3. The van der Waals surface area contributed by atoms with Crippen molar-refractivity contribution in [1.29, 1.82) is 0 Å². The first-order chi connectivity index (χ1) is 21.4. The van der Waals surface area contributed by atoms with E-state index in [0.29, 0.717) is 11.1 Å². The molecule has 4 N–H and O–H groups in total. The van der Waals surface area contributed by atoms with Crippen molar-refractivity contribution in [3.63, 3.8) is 0 Å². The summed E-state index contributed by atoms with van der Waals surface area (Å²) in [4.78, 5) is 98.2. The molecule has 8 atom stereocenters. The highest BCUT2D eigenvalue weighted by molar-refractivity contribution is 6.33. The number of nitrogens with two attached hydrogens (primary N) is 1. The van der Waals surface area contributed by atoms with Gasteiger partial charge >= 0.3 is 0 Å². The number of nitrogens with zero attached hydrogens (tertiary/aromatic N) is 1. The molecule has 0 saturated heterocycles. The molecule has 1 amide bonds. The van der Waals surface area contributed by atoms with Crippen LogP contribution < -0.4 is 5.73 Å². The Labute approximate surface area is 268 Å². The molecule has 5 rings (SSSR count). The number of Topliss-reactive ketones (excluding diaryl/α,β-unsaturated/α-hetero) is 6. The first-order valence-corrected chi connectivity index (χ1v) is 16.2. The minimum Gasteiger partial charge on any atom is -0.507 e. The second-order valence-electron chi connectivity index (χ2n) is 14.5. The lowest BCUT2D eigenvalue weighted by Crippen LogP contribution is -2.83. The number of phenolic OH excluding ortho intramolecular Hbond substituents is 1. The van der Waals surface area contributed by atoms with Gasteiger partial charge < -0.3 is 15.9 Å². The van der Waals surface area contributed by atoms with Crippen molar-refractivity contribution in [1.82, 2.24) is 4.90 Å². The van der Waals surface area contributed by atoms with E-state index in [-0.39, 0.29) is 42.3 Å². The molecule has 1 aromatic carbocycles. The normalized spacial score (nSPS) is 36.0. The maximum atomic E-state index is 14.8. The third kappa shape index (κ3) is 4.26. The molecule has 3 fully saturated rings. The Bertz CT molecular complexity index is 1580. The molecule has 0 heterocycles. The second-order valence-corrected chi connectivity index (χ2v) is 14.5. The van der Waals surface area contributed by atoms with Crippen LogP contribution in [0.2, 0.25) is 0 Å². The van der Waals surface area contributed by atoms with E-state index in [0.717, 1.165) is 25.7 Å². The van der Waals surface area contributed by atoms with Gasteiger partial charge in [-0.2, -0.15) is 0 Å². The Morgan fingerprint density at radius 1 is 1.02 bits per heavy atom. The quantitative estimate of drug-likeness (QED) is 0.357. The van der Waals surface area contributed by atoms with Crippen LogP contribution in [0.25, 0.3) is 0 Å². The maximum Gasteiger partial charge on any atom is 0.235 e. The third-order valence-electron chi connectivity index (χ3n) is 12.2. The van der Waals surface area contributed by atoms with Gasteiger partial charge in [-0.1, -0.05) is 46.6 Å². The predicted octanol–water partition coefficient (Wildman–Crippen LogP) is 2.11. The number of primary amides is 1. The average Bonchev–Trinajstić information content (AvgIpc) is 3.52. The number of benzene rings is 1. The van der Waals surface area contributed by atoms with E-state index >= 15 is 0 Å². The van der Waals surface area contributed by atoms with Crippen molar-refractivity contribution in [3.8, 4) is 5.75 Å². The highest BCUT2D eigenvalue weighted by atomic mass is 16.3. The van der Waals surface area contributed by atoms with Gasteiger partial charge in [-0.05, 0) is 61.4 Å². The molecule has 0 spiro atoms. The van der Waals surface area contributed by atoms with Crippen LogP contribution in [0, 0.1) is 34.5 Å². The summed E-state index contributed by atoms with van der Waals surface area (Å²) in [5, 5.41) is 23.6. The molecule has 0 bridgehead atoms. The van der Waals surface area contributed by atoms with Crippen LogP contribution in [-0.2, 0) is 35.2 Å². The Hall–Kier alpha value is -3.57. The van der Waals surface area contributed by atoms with Crippen LogP contribution >= 0.6 is 0 Å². The van der Waals surface area contributed by atoms with Crippen molar-refractivity contribution in [2.24, 2.45) is 40.2 Å². The average molecular weight is 637 g/mol. The Morgan fingerprint density at radius 3 is 2.17 bits per heavy atom. The summed E-state index contributed by atoms with van der Waals surface area (Å²) in [6, 6.07) is 1.50. The number of aromatic hydroxyl groups is 1. The highest BCUT2D eigenvalue weighted by Gasteiger charge is 2.80. The first kappa shape index (κ1) is 33.8. The first-order valence-electron chi connectivity index (χ1n) is 16.2. The number of phenols is 1. The van der Waals surface area contributed by atoms with Crippen molar-refractivity contribution in [2.75, 3.05) is 14.1 Å². The van der Waals surface area contributed by atoms with Crippen LogP contribution in [0.5, 0.6) is 5.75 Å². The zero-order valence-electron chi connectivity index (χ0n) is 27.3. The fraction of sp³-hybridized carbons (Fsp3) is 0.629. The van der Waals surface area contributed by atoms with Crippen molar-refractivity contribution in [3.05, 3.63) is 28.8 Å². The molecule has 46 heavy (non-hydrogen) atoms. The minimum atomic E-state index is -3.04. The summed E-state index contributed by atoms with van der Waals surface area (Å²) in [5.74, 6) is -12.2. The molecule has 1 aromatic rings. The summed E-state index contributed by atoms with van der Waals surface area (Å²) in [7, 11) is 3.02. The van der Waals surface area contributed by atoms with Gasteiger partial charge in [-0.15, -0.1) is 0 Å². The zero-order chi connectivity index (χ0) is 34.3. The van der Waals surface area contributed by atoms with Crippen LogP contribution in [0.4, 0.5) is 0 Å². The monoisotopic (exact) mass is 636 g/mol. The van der Waals surface area contributed by atoms with Gasteiger partial charge in [-0.3, -0.25) is 38.5 Å². The van der Waals surface area contributed by atoms with Gasteiger partial charge in [0.1, 0.15) is 17.3 Å². The van der Waals surface area contributed by atoms with Gasteiger partial charge in [0, 0.05) is 30.6 Å². The fourth-order valence-corrected chi connectivity index (χ4v) is 9.83. The number of aliphatic hydroxyl groups is 1. The van der Waals surface area contributed by atoms with E-state index in [1.54, 1.807) is 26.8 Å². The number of amides is 1. The molecule has 11 heteroatoms.